The van der Waals surface area contributed by atoms with Crippen LogP contribution >= 0.6 is 0 Å². The van der Waals surface area contributed by atoms with Gasteiger partial charge in [-0.15, -0.1) is 0 Å². The average molecular weight is 328 g/mol. The highest BCUT2D eigenvalue weighted by atomic mass is 16.2. The maximum atomic E-state index is 12.2. The van der Waals surface area contributed by atoms with Gasteiger partial charge in [0.1, 0.15) is 0 Å². The molecule has 2 rings (SSSR count). The van der Waals surface area contributed by atoms with Gasteiger partial charge in [0, 0.05) is 19.3 Å². The van der Waals surface area contributed by atoms with Gasteiger partial charge in [-0.25, -0.2) is 4.79 Å². The molecule has 24 heavy (non-hydrogen) atoms. The van der Waals surface area contributed by atoms with Crippen molar-refractivity contribution < 1.29 is 4.79 Å². The topological polar surface area (TPSA) is 59.0 Å². The molecule has 0 fully saturated rings. The highest BCUT2D eigenvalue weighted by molar-refractivity contribution is 5.74. The van der Waals surface area contributed by atoms with Crippen LogP contribution in [-0.2, 0) is 6.54 Å². The number of aromatic nitrogens is 2. The minimum atomic E-state index is -0.110. The minimum absolute atomic E-state index is 0.0416. The average Bonchev–Trinajstić information content (AvgIpc) is 2.97. The van der Waals surface area contributed by atoms with E-state index in [1.54, 1.807) is 0 Å². The third-order valence-corrected chi connectivity index (χ3v) is 3.83. The second-order valence-corrected chi connectivity index (χ2v) is 6.63. The lowest BCUT2D eigenvalue weighted by Crippen LogP contribution is -2.39. The van der Waals surface area contributed by atoms with Crippen molar-refractivity contribution >= 4 is 6.03 Å². The van der Waals surface area contributed by atoms with Crippen LogP contribution in [0.3, 0.4) is 0 Å². The molecule has 1 heterocycles. The molecule has 0 aliphatic rings. The summed E-state index contributed by atoms with van der Waals surface area (Å²) in [6, 6.07) is 10.1. The summed E-state index contributed by atoms with van der Waals surface area (Å²) in [6.45, 7) is 7.80. The third kappa shape index (κ3) is 6.07. The molecule has 1 aromatic carbocycles. The molecule has 1 unspecified atom stereocenters. The maximum absolute atomic E-state index is 12.2. The number of amides is 2. The summed E-state index contributed by atoms with van der Waals surface area (Å²) in [5.41, 5.74) is 2.30. The zero-order valence-corrected chi connectivity index (χ0v) is 14.8. The molecule has 1 aromatic heterocycles. The minimum Gasteiger partial charge on any atom is -0.338 e. The highest BCUT2D eigenvalue weighted by Crippen LogP contribution is 2.20. The molecule has 0 saturated carbocycles. The van der Waals surface area contributed by atoms with E-state index in [1.165, 1.54) is 0 Å². The summed E-state index contributed by atoms with van der Waals surface area (Å²) in [5, 5.41) is 10.3. The van der Waals surface area contributed by atoms with E-state index in [0.717, 1.165) is 30.5 Å². The largest absolute Gasteiger partial charge is 0.338 e. The number of nitrogens with one attached hydrogen (secondary N) is 2. The molecule has 5 nitrogen and oxygen atoms in total. The quantitative estimate of drug-likeness (QED) is 0.726. The Morgan fingerprint density at radius 1 is 1.25 bits per heavy atom. The van der Waals surface area contributed by atoms with Gasteiger partial charge in [-0.2, -0.15) is 5.10 Å². The number of aryl methyl sites for hydroxylation is 2. The molecule has 0 aliphatic carbocycles. The fourth-order valence-corrected chi connectivity index (χ4v) is 2.68. The van der Waals surface area contributed by atoms with E-state index in [1.807, 2.05) is 42.2 Å². The van der Waals surface area contributed by atoms with Gasteiger partial charge in [-0.05, 0) is 36.8 Å². The lowest BCUT2D eigenvalue weighted by Gasteiger charge is -2.21. The van der Waals surface area contributed by atoms with Gasteiger partial charge in [-0.1, -0.05) is 44.2 Å². The van der Waals surface area contributed by atoms with Gasteiger partial charge in [0.2, 0.25) is 0 Å². The van der Waals surface area contributed by atoms with Crippen molar-refractivity contribution in [2.24, 2.45) is 5.92 Å². The van der Waals surface area contributed by atoms with Crippen LogP contribution in [-0.4, -0.2) is 22.4 Å². The van der Waals surface area contributed by atoms with Crippen molar-refractivity contribution in [3.8, 4) is 0 Å². The Morgan fingerprint density at radius 3 is 2.62 bits per heavy atom. The van der Waals surface area contributed by atoms with E-state index in [4.69, 9.17) is 0 Å². The fourth-order valence-electron chi connectivity index (χ4n) is 2.68. The van der Waals surface area contributed by atoms with Gasteiger partial charge in [0.25, 0.3) is 0 Å². The Labute approximate surface area is 144 Å². The zero-order valence-electron chi connectivity index (χ0n) is 14.8. The van der Waals surface area contributed by atoms with Gasteiger partial charge in [0.05, 0.1) is 12.2 Å². The zero-order chi connectivity index (χ0) is 17.4. The molecular formula is C19H28N4O. The molecule has 0 radical (unpaired) electrons. The number of hydrogen-bond acceptors (Lipinski definition) is 2. The van der Waals surface area contributed by atoms with Crippen LogP contribution in [0.4, 0.5) is 4.79 Å². The standard InChI is InChI=1S/C19H28N4O/c1-15(2)12-18(17-8-5-4-6-9-17)22-19(24)20-10-7-11-23-14-16(3)13-21-23/h4-6,8-9,13-15,18H,7,10-12H2,1-3H3,(H2,20,22,24). The van der Waals surface area contributed by atoms with Crippen molar-refractivity contribution in [1.29, 1.82) is 0 Å². The lowest BCUT2D eigenvalue weighted by atomic mass is 9.97. The summed E-state index contributed by atoms with van der Waals surface area (Å²) >= 11 is 0. The summed E-state index contributed by atoms with van der Waals surface area (Å²) in [4.78, 5) is 12.2. The first kappa shape index (κ1) is 18.0. The molecule has 0 saturated heterocycles. The van der Waals surface area contributed by atoms with E-state index in [9.17, 15) is 4.79 Å². The number of nitrogens with zero attached hydrogens (tertiary/aromatic N) is 2. The Morgan fingerprint density at radius 2 is 2.00 bits per heavy atom. The van der Waals surface area contributed by atoms with Gasteiger partial charge in [0.15, 0.2) is 0 Å². The highest BCUT2D eigenvalue weighted by Gasteiger charge is 2.15. The monoisotopic (exact) mass is 328 g/mol. The molecule has 2 aromatic rings. The van der Waals surface area contributed by atoms with Crippen molar-refractivity contribution in [2.75, 3.05) is 6.54 Å². The van der Waals surface area contributed by atoms with E-state index < -0.39 is 0 Å². The SMILES string of the molecule is Cc1cnn(CCCNC(=O)NC(CC(C)C)c2ccccc2)c1. The van der Waals surface area contributed by atoms with Crippen LogP contribution in [0.5, 0.6) is 0 Å². The summed E-state index contributed by atoms with van der Waals surface area (Å²) in [5.74, 6) is 0.513. The number of urea groups is 1. The van der Waals surface area contributed by atoms with Crippen LogP contribution < -0.4 is 10.6 Å². The van der Waals surface area contributed by atoms with Gasteiger partial charge in [-0.3, -0.25) is 4.68 Å². The molecule has 1 atom stereocenters. The number of carbonyl (C=O) groups excluding carboxylic acids is 1. The number of benzene rings is 1. The molecule has 0 bridgehead atoms. The van der Waals surface area contributed by atoms with Gasteiger partial charge >= 0.3 is 6.03 Å². The molecule has 130 valence electrons. The molecule has 0 spiro atoms. The van der Waals surface area contributed by atoms with Crippen molar-refractivity contribution in [2.45, 2.75) is 46.2 Å². The first-order chi connectivity index (χ1) is 11.5. The van der Waals surface area contributed by atoms with Crippen LogP contribution in [0.1, 0.15) is 43.9 Å². The summed E-state index contributed by atoms with van der Waals surface area (Å²) in [7, 11) is 0. The van der Waals surface area contributed by atoms with Crippen LogP contribution in [0, 0.1) is 12.8 Å². The molecule has 5 heteroatoms. The summed E-state index contributed by atoms with van der Waals surface area (Å²) in [6.07, 6.45) is 5.63. The second-order valence-electron chi connectivity index (χ2n) is 6.63. The smallest absolute Gasteiger partial charge is 0.315 e. The van der Waals surface area contributed by atoms with E-state index in [0.29, 0.717) is 12.5 Å². The normalized spacial score (nSPS) is 12.2. The lowest BCUT2D eigenvalue weighted by molar-refractivity contribution is 0.234. The van der Waals surface area contributed by atoms with Gasteiger partial charge < -0.3 is 10.6 Å². The first-order valence-corrected chi connectivity index (χ1v) is 8.63. The number of rotatable bonds is 8. The fraction of sp³-hybridized carbons (Fsp3) is 0.474. The first-order valence-electron chi connectivity index (χ1n) is 8.63. The van der Waals surface area contributed by atoms with E-state index in [-0.39, 0.29) is 12.1 Å². The second kappa shape index (κ2) is 9.11. The van der Waals surface area contributed by atoms with Crippen molar-refractivity contribution in [3.05, 3.63) is 53.9 Å². The molecule has 2 amide bonds. The van der Waals surface area contributed by atoms with E-state index >= 15 is 0 Å². The van der Waals surface area contributed by atoms with E-state index in [2.05, 4.69) is 41.7 Å². The Kier molecular flexibility index (Phi) is 6.85. The van der Waals surface area contributed by atoms with Crippen molar-refractivity contribution in [1.82, 2.24) is 20.4 Å². The number of hydrogen-bond donors (Lipinski definition) is 2. The molecule has 0 aliphatic heterocycles. The Bertz CT molecular complexity index is 621. The van der Waals surface area contributed by atoms with Crippen LogP contribution in [0.2, 0.25) is 0 Å². The van der Waals surface area contributed by atoms with Crippen molar-refractivity contribution in [3.63, 3.8) is 0 Å². The summed E-state index contributed by atoms with van der Waals surface area (Å²) < 4.78 is 1.90. The van der Waals surface area contributed by atoms with Crippen LogP contribution in [0.15, 0.2) is 42.7 Å². The Balaban J connectivity index is 1.77. The predicted octanol–water partition coefficient (Wildman–Crippen LogP) is 3.67. The molecule has 2 N–H and O–H groups in total. The third-order valence-electron chi connectivity index (χ3n) is 3.83. The molecular weight excluding hydrogens is 300 g/mol. The predicted molar refractivity (Wildman–Crippen MR) is 96.8 cm³/mol. The maximum Gasteiger partial charge on any atom is 0.315 e. The Hall–Kier alpha value is -2.30. The van der Waals surface area contributed by atoms with Crippen LogP contribution in [0.25, 0.3) is 0 Å². The number of carbonyl (C=O) groups is 1.